The molecule has 0 atom stereocenters. The molecule has 0 N–H and O–H groups in total. The van der Waals surface area contributed by atoms with Crippen molar-refractivity contribution in [1.82, 2.24) is 4.98 Å². The van der Waals surface area contributed by atoms with Crippen molar-refractivity contribution in [2.45, 2.75) is 26.2 Å². The van der Waals surface area contributed by atoms with Crippen LogP contribution in [0.2, 0.25) is 0 Å². The van der Waals surface area contributed by atoms with Crippen molar-refractivity contribution in [3.8, 4) is 0 Å². The van der Waals surface area contributed by atoms with E-state index in [0.717, 1.165) is 23.0 Å². The number of carbonyl (C=O) groups is 1. The van der Waals surface area contributed by atoms with E-state index in [0.29, 0.717) is 6.61 Å². The fourth-order valence-corrected chi connectivity index (χ4v) is 1.46. The van der Waals surface area contributed by atoms with Gasteiger partial charge in [-0.1, -0.05) is 13.3 Å². The van der Waals surface area contributed by atoms with Crippen LogP contribution in [0.25, 0.3) is 0 Å². The molecular weight excluding hydrogens is 258 g/mol. The Bertz CT molecular complexity index is 328. The second kappa shape index (κ2) is 6.56. The Balaban J connectivity index is 2.41. The number of nitrogens with zero attached hydrogens (tertiary/aromatic N) is 1. The largest absolute Gasteiger partial charge is 0.465 e. The maximum Gasteiger partial charge on any atom is 0.311 e. The van der Waals surface area contributed by atoms with E-state index >= 15 is 0 Å². The molecule has 1 aromatic heterocycles. The molecule has 0 saturated carbocycles. The number of carbonyl (C=O) groups excluding carboxylic acids is 1. The van der Waals surface area contributed by atoms with E-state index in [4.69, 9.17) is 4.74 Å². The molecule has 1 rings (SSSR count). The van der Waals surface area contributed by atoms with Gasteiger partial charge in [0.2, 0.25) is 0 Å². The normalized spacial score (nSPS) is 10.0. The molecule has 0 spiro atoms. The molecule has 0 amide bonds. The molecular formula is C11H14BrNO2. The number of rotatable bonds is 5. The summed E-state index contributed by atoms with van der Waals surface area (Å²) in [4.78, 5) is 15.5. The van der Waals surface area contributed by atoms with Gasteiger partial charge in [-0.25, -0.2) is 0 Å². The predicted octanol–water partition coefficient (Wildman–Crippen LogP) is 2.73. The first kappa shape index (κ1) is 12.2. The SMILES string of the molecule is CCCCOC(=O)Cc1ncccc1Br. The van der Waals surface area contributed by atoms with Gasteiger partial charge in [0.25, 0.3) is 0 Å². The molecule has 0 unspecified atom stereocenters. The molecule has 3 nitrogen and oxygen atoms in total. The Kier molecular flexibility index (Phi) is 5.32. The first-order valence-electron chi connectivity index (χ1n) is 4.99. The van der Waals surface area contributed by atoms with Crippen LogP contribution < -0.4 is 0 Å². The van der Waals surface area contributed by atoms with Crippen molar-refractivity contribution in [2.75, 3.05) is 6.61 Å². The van der Waals surface area contributed by atoms with Crippen molar-refractivity contribution in [2.24, 2.45) is 0 Å². The Morgan fingerprint density at radius 2 is 2.40 bits per heavy atom. The summed E-state index contributed by atoms with van der Waals surface area (Å²) in [7, 11) is 0. The molecule has 0 fully saturated rings. The minimum atomic E-state index is -0.220. The molecule has 82 valence electrons. The number of hydrogen-bond donors (Lipinski definition) is 0. The summed E-state index contributed by atoms with van der Waals surface area (Å²) in [5.41, 5.74) is 0.721. The molecule has 0 aliphatic heterocycles. The van der Waals surface area contributed by atoms with Gasteiger partial charge in [-0.3, -0.25) is 9.78 Å². The first-order chi connectivity index (χ1) is 7.24. The van der Waals surface area contributed by atoms with Crippen LogP contribution in [0.15, 0.2) is 22.8 Å². The van der Waals surface area contributed by atoms with Crippen LogP contribution in [0.3, 0.4) is 0 Å². The molecule has 0 aromatic carbocycles. The van der Waals surface area contributed by atoms with Crippen molar-refractivity contribution < 1.29 is 9.53 Å². The summed E-state index contributed by atoms with van der Waals surface area (Å²) >= 11 is 3.34. The topological polar surface area (TPSA) is 39.2 Å². The summed E-state index contributed by atoms with van der Waals surface area (Å²) in [5.74, 6) is -0.220. The monoisotopic (exact) mass is 271 g/mol. The maximum absolute atomic E-state index is 11.4. The first-order valence-corrected chi connectivity index (χ1v) is 5.78. The lowest BCUT2D eigenvalue weighted by molar-refractivity contribution is -0.143. The van der Waals surface area contributed by atoms with Crippen molar-refractivity contribution in [3.63, 3.8) is 0 Å². The quantitative estimate of drug-likeness (QED) is 0.611. The van der Waals surface area contributed by atoms with Gasteiger partial charge in [0.1, 0.15) is 0 Å². The number of ether oxygens (including phenoxy) is 1. The Morgan fingerprint density at radius 1 is 1.60 bits per heavy atom. The minimum absolute atomic E-state index is 0.220. The van der Waals surface area contributed by atoms with Crippen molar-refractivity contribution >= 4 is 21.9 Å². The van der Waals surface area contributed by atoms with E-state index < -0.39 is 0 Å². The number of pyridine rings is 1. The number of aromatic nitrogens is 1. The highest BCUT2D eigenvalue weighted by Gasteiger charge is 2.08. The highest BCUT2D eigenvalue weighted by atomic mass is 79.9. The second-order valence-electron chi connectivity index (χ2n) is 3.18. The molecule has 4 heteroatoms. The summed E-state index contributed by atoms with van der Waals surface area (Å²) in [5, 5.41) is 0. The van der Waals surface area contributed by atoms with E-state index in [1.807, 2.05) is 12.1 Å². The smallest absolute Gasteiger partial charge is 0.311 e. The average Bonchev–Trinajstić information content (AvgIpc) is 2.22. The Morgan fingerprint density at radius 3 is 3.07 bits per heavy atom. The highest BCUT2D eigenvalue weighted by molar-refractivity contribution is 9.10. The Labute approximate surface area is 98.0 Å². The van der Waals surface area contributed by atoms with Gasteiger partial charge in [0.15, 0.2) is 0 Å². The van der Waals surface area contributed by atoms with E-state index in [9.17, 15) is 4.79 Å². The third-order valence-corrected chi connectivity index (χ3v) is 2.63. The summed E-state index contributed by atoms with van der Waals surface area (Å²) < 4.78 is 5.89. The lowest BCUT2D eigenvalue weighted by atomic mass is 10.3. The van der Waals surface area contributed by atoms with Crippen LogP contribution in [0.1, 0.15) is 25.5 Å². The summed E-state index contributed by atoms with van der Waals surface area (Å²) in [6.07, 6.45) is 3.83. The standard InChI is InChI=1S/C11H14BrNO2/c1-2-3-7-15-11(14)8-10-9(12)5-4-6-13-10/h4-6H,2-3,7-8H2,1H3. The van der Waals surface area contributed by atoms with Gasteiger partial charge in [0, 0.05) is 10.7 Å². The van der Waals surface area contributed by atoms with Gasteiger partial charge < -0.3 is 4.74 Å². The zero-order chi connectivity index (χ0) is 11.1. The van der Waals surface area contributed by atoms with Gasteiger partial charge in [-0.15, -0.1) is 0 Å². The zero-order valence-electron chi connectivity index (χ0n) is 8.70. The predicted molar refractivity (Wildman–Crippen MR) is 61.5 cm³/mol. The average molecular weight is 272 g/mol. The lowest BCUT2D eigenvalue weighted by Gasteiger charge is -2.04. The molecule has 15 heavy (non-hydrogen) atoms. The minimum Gasteiger partial charge on any atom is -0.465 e. The number of halogens is 1. The van der Waals surface area contributed by atoms with E-state index in [1.165, 1.54) is 0 Å². The van der Waals surface area contributed by atoms with Crippen molar-refractivity contribution in [1.29, 1.82) is 0 Å². The Hall–Kier alpha value is -0.900. The third kappa shape index (κ3) is 4.42. The van der Waals surface area contributed by atoms with Crippen LogP contribution in [-0.4, -0.2) is 17.6 Å². The molecule has 0 aliphatic carbocycles. The van der Waals surface area contributed by atoms with Gasteiger partial charge >= 0.3 is 5.97 Å². The second-order valence-corrected chi connectivity index (χ2v) is 4.04. The van der Waals surface area contributed by atoms with E-state index in [1.54, 1.807) is 6.20 Å². The fourth-order valence-electron chi connectivity index (χ4n) is 1.07. The van der Waals surface area contributed by atoms with Crippen LogP contribution in [0.4, 0.5) is 0 Å². The van der Waals surface area contributed by atoms with Crippen LogP contribution in [0.5, 0.6) is 0 Å². The zero-order valence-corrected chi connectivity index (χ0v) is 10.3. The van der Waals surface area contributed by atoms with Crippen molar-refractivity contribution in [3.05, 3.63) is 28.5 Å². The summed E-state index contributed by atoms with van der Waals surface area (Å²) in [6, 6.07) is 3.68. The maximum atomic E-state index is 11.4. The molecule has 0 bridgehead atoms. The molecule has 0 aliphatic rings. The molecule has 0 saturated heterocycles. The molecule has 1 heterocycles. The number of unbranched alkanes of at least 4 members (excludes halogenated alkanes) is 1. The van der Waals surface area contributed by atoms with Gasteiger partial charge in [0.05, 0.1) is 18.7 Å². The number of esters is 1. The highest BCUT2D eigenvalue weighted by Crippen LogP contribution is 2.13. The number of hydrogen-bond acceptors (Lipinski definition) is 3. The van der Waals surface area contributed by atoms with E-state index in [-0.39, 0.29) is 12.4 Å². The van der Waals surface area contributed by atoms with Crippen LogP contribution in [-0.2, 0) is 16.0 Å². The van der Waals surface area contributed by atoms with Gasteiger partial charge in [-0.05, 0) is 34.5 Å². The van der Waals surface area contributed by atoms with Crippen LogP contribution in [0, 0.1) is 0 Å². The fraction of sp³-hybridized carbons (Fsp3) is 0.455. The lowest BCUT2D eigenvalue weighted by Crippen LogP contribution is -2.10. The molecule has 0 radical (unpaired) electrons. The van der Waals surface area contributed by atoms with E-state index in [2.05, 4.69) is 27.8 Å². The van der Waals surface area contributed by atoms with Crippen LogP contribution >= 0.6 is 15.9 Å². The van der Waals surface area contributed by atoms with Gasteiger partial charge in [-0.2, -0.15) is 0 Å². The molecule has 1 aromatic rings. The summed E-state index contributed by atoms with van der Waals surface area (Å²) in [6.45, 7) is 2.56. The third-order valence-electron chi connectivity index (χ3n) is 1.91.